The Morgan fingerprint density at radius 1 is 1.29 bits per heavy atom. The number of carboxylic acid groups (broad SMARTS) is 1. The van der Waals surface area contributed by atoms with Crippen LogP contribution in [0.15, 0.2) is 29.2 Å². The molecule has 0 aliphatic carbocycles. The van der Waals surface area contributed by atoms with Gasteiger partial charge in [0.2, 0.25) is 10.0 Å². The van der Waals surface area contributed by atoms with Crippen LogP contribution >= 0.6 is 0 Å². The van der Waals surface area contributed by atoms with Gasteiger partial charge < -0.3 is 14.9 Å². The minimum absolute atomic E-state index is 0.221. The molecule has 1 aromatic carbocycles. The number of nitrogens with zero attached hydrogens (tertiary/aromatic N) is 1. The quantitative estimate of drug-likeness (QED) is 0.637. The first-order chi connectivity index (χ1) is 11.1. The third kappa shape index (κ3) is 3.86. The van der Waals surface area contributed by atoms with Gasteiger partial charge in [-0.15, -0.1) is 0 Å². The van der Waals surface area contributed by atoms with E-state index < -0.39 is 56.0 Å². The molecule has 9 nitrogen and oxygen atoms in total. The van der Waals surface area contributed by atoms with E-state index in [0.29, 0.717) is 10.1 Å². The van der Waals surface area contributed by atoms with E-state index in [-0.39, 0.29) is 4.90 Å². The molecule has 1 aromatic rings. The lowest BCUT2D eigenvalue weighted by Crippen LogP contribution is -2.48. The summed E-state index contributed by atoms with van der Waals surface area (Å²) >= 11 is 0. The van der Waals surface area contributed by atoms with E-state index in [4.69, 9.17) is 9.84 Å². The van der Waals surface area contributed by atoms with E-state index in [1.165, 1.54) is 31.4 Å². The van der Waals surface area contributed by atoms with Crippen LogP contribution in [0.25, 0.3) is 0 Å². The van der Waals surface area contributed by atoms with Gasteiger partial charge in [0.1, 0.15) is 12.3 Å². The standard InChI is InChI=1S/C13H17NO8S2/c1-22-9-2-4-10(5-3-9)24(20,21)14(6-13(16)17)11-7-23(18,19)8-12(11)15/h2-5,11-12,15H,6-8H2,1H3,(H,16,17)/t11-,12+/m1/s1. The van der Waals surface area contributed by atoms with Crippen molar-refractivity contribution < 1.29 is 36.6 Å². The molecule has 0 amide bonds. The topological polar surface area (TPSA) is 138 Å². The lowest BCUT2D eigenvalue weighted by molar-refractivity contribution is -0.137. The molecule has 0 aromatic heterocycles. The summed E-state index contributed by atoms with van der Waals surface area (Å²) in [5.41, 5.74) is 0. The molecule has 1 aliphatic heterocycles. The van der Waals surface area contributed by atoms with E-state index in [1.807, 2.05) is 0 Å². The average molecular weight is 379 g/mol. The second-order valence-electron chi connectivity index (χ2n) is 5.33. The molecular weight excluding hydrogens is 362 g/mol. The molecule has 2 atom stereocenters. The number of aliphatic hydroxyl groups is 1. The predicted molar refractivity (Wildman–Crippen MR) is 83.0 cm³/mol. The third-order valence-corrected chi connectivity index (χ3v) is 7.20. The van der Waals surface area contributed by atoms with Gasteiger partial charge in [0.05, 0.1) is 35.7 Å². The van der Waals surface area contributed by atoms with E-state index in [1.54, 1.807) is 0 Å². The zero-order valence-electron chi connectivity index (χ0n) is 12.7. The molecule has 11 heteroatoms. The number of aliphatic hydroxyl groups excluding tert-OH is 1. The number of sulfonamides is 1. The van der Waals surface area contributed by atoms with Crippen LogP contribution in [0, 0.1) is 0 Å². The van der Waals surface area contributed by atoms with Gasteiger partial charge in [-0.2, -0.15) is 4.31 Å². The number of carbonyl (C=O) groups is 1. The van der Waals surface area contributed by atoms with Crippen molar-refractivity contribution in [3.05, 3.63) is 24.3 Å². The van der Waals surface area contributed by atoms with E-state index in [2.05, 4.69) is 0 Å². The summed E-state index contributed by atoms with van der Waals surface area (Å²) in [5, 5.41) is 18.9. The second kappa shape index (κ2) is 6.67. The Bertz CT molecular complexity index is 816. The summed E-state index contributed by atoms with van der Waals surface area (Å²) in [6, 6.07) is 3.86. The first-order valence-electron chi connectivity index (χ1n) is 6.83. The number of hydrogen-bond donors (Lipinski definition) is 2. The molecule has 24 heavy (non-hydrogen) atoms. The van der Waals surface area contributed by atoms with Crippen molar-refractivity contribution in [1.29, 1.82) is 0 Å². The smallest absolute Gasteiger partial charge is 0.318 e. The van der Waals surface area contributed by atoms with Crippen LogP contribution in [-0.4, -0.2) is 74.6 Å². The van der Waals surface area contributed by atoms with Gasteiger partial charge in [-0.25, -0.2) is 16.8 Å². The Balaban J connectivity index is 2.44. The Morgan fingerprint density at radius 2 is 1.88 bits per heavy atom. The van der Waals surface area contributed by atoms with Crippen LogP contribution in [0.3, 0.4) is 0 Å². The van der Waals surface area contributed by atoms with Gasteiger partial charge in [-0.05, 0) is 24.3 Å². The molecule has 2 rings (SSSR count). The van der Waals surface area contributed by atoms with E-state index >= 15 is 0 Å². The van der Waals surface area contributed by atoms with Gasteiger partial charge in [-0.1, -0.05) is 0 Å². The van der Waals surface area contributed by atoms with Crippen LogP contribution in [0.4, 0.5) is 0 Å². The predicted octanol–water partition coefficient (Wildman–Crippen LogP) is -1.07. The van der Waals surface area contributed by atoms with E-state index in [9.17, 15) is 26.7 Å². The number of ether oxygens (including phenoxy) is 1. The Hall–Kier alpha value is -1.69. The second-order valence-corrected chi connectivity index (χ2v) is 9.38. The van der Waals surface area contributed by atoms with Crippen molar-refractivity contribution in [2.45, 2.75) is 17.0 Å². The molecule has 0 spiro atoms. The Kier molecular flexibility index (Phi) is 5.18. The maximum absolute atomic E-state index is 12.7. The molecule has 2 N–H and O–H groups in total. The number of rotatable bonds is 6. The van der Waals surface area contributed by atoms with Crippen LogP contribution in [-0.2, 0) is 24.7 Å². The molecule has 1 fully saturated rings. The van der Waals surface area contributed by atoms with Crippen LogP contribution in [0.5, 0.6) is 5.75 Å². The lowest BCUT2D eigenvalue weighted by atomic mass is 10.2. The number of hydrogen-bond acceptors (Lipinski definition) is 7. The number of sulfone groups is 1. The maximum atomic E-state index is 12.7. The minimum Gasteiger partial charge on any atom is -0.497 e. The van der Waals surface area contributed by atoms with Crippen molar-refractivity contribution in [3.63, 3.8) is 0 Å². The number of carboxylic acids is 1. The molecule has 0 bridgehead atoms. The molecule has 1 aliphatic rings. The van der Waals surface area contributed by atoms with Crippen molar-refractivity contribution in [1.82, 2.24) is 4.31 Å². The summed E-state index contributed by atoms with van der Waals surface area (Å²) < 4.78 is 54.2. The van der Waals surface area contributed by atoms with Crippen LogP contribution < -0.4 is 4.74 Å². The lowest BCUT2D eigenvalue weighted by Gasteiger charge is -2.27. The summed E-state index contributed by atoms with van der Waals surface area (Å²) in [7, 11) is -6.56. The van der Waals surface area contributed by atoms with Crippen molar-refractivity contribution in [2.75, 3.05) is 25.2 Å². The van der Waals surface area contributed by atoms with Gasteiger partial charge in [0.15, 0.2) is 9.84 Å². The third-order valence-electron chi connectivity index (χ3n) is 3.62. The minimum atomic E-state index is -4.32. The number of methoxy groups -OCH3 is 1. The first kappa shape index (κ1) is 18.6. The zero-order valence-corrected chi connectivity index (χ0v) is 14.3. The molecule has 0 unspecified atom stereocenters. The molecule has 0 radical (unpaired) electrons. The van der Waals surface area contributed by atoms with Gasteiger partial charge in [-0.3, -0.25) is 4.79 Å². The zero-order chi connectivity index (χ0) is 18.1. The monoisotopic (exact) mass is 379 g/mol. The highest BCUT2D eigenvalue weighted by molar-refractivity contribution is 7.92. The van der Waals surface area contributed by atoms with Crippen molar-refractivity contribution in [3.8, 4) is 5.75 Å². The van der Waals surface area contributed by atoms with Gasteiger partial charge in [0.25, 0.3) is 0 Å². The molecular formula is C13H17NO8S2. The maximum Gasteiger partial charge on any atom is 0.318 e. The Morgan fingerprint density at radius 3 is 2.29 bits per heavy atom. The molecule has 1 saturated heterocycles. The molecule has 0 saturated carbocycles. The van der Waals surface area contributed by atoms with Gasteiger partial charge in [0, 0.05) is 0 Å². The SMILES string of the molecule is COc1ccc(S(=O)(=O)N(CC(=O)O)[C@@H]2CS(=O)(=O)C[C@@H]2O)cc1. The van der Waals surface area contributed by atoms with Crippen LogP contribution in [0.1, 0.15) is 0 Å². The first-order valence-corrected chi connectivity index (χ1v) is 10.1. The highest BCUT2D eigenvalue weighted by atomic mass is 32.2. The van der Waals surface area contributed by atoms with Gasteiger partial charge >= 0.3 is 5.97 Å². The Labute approximate surface area is 139 Å². The highest BCUT2D eigenvalue weighted by Crippen LogP contribution is 2.26. The number of aliphatic carboxylic acids is 1. The van der Waals surface area contributed by atoms with Crippen molar-refractivity contribution in [2.24, 2.45) is 0 Å². The average Bonchev–Trinajstić information content (AvgIpc) is 2.77. The number of benzene rings is 1. The van der Waals surface area contributed by atoms with E-state index in [0.717, 1.165) is 0 Å². The summed E-state index contributed by atoms with van der Waals surface area (Å²) in [6.07, 6.45) is -1.48. The summed E-state index contributed by atoms with van der Waals surface area (Å²) in [6.45, 7) is -0.953. The van der Waals surface area contributed by atoms with Crippen LogP contribution in [0.2, 0.25) is 0 Å². The fourth-order valence-corrected chi connectivity index (χ4v) is 5.98. The fraction of sp³-hybridized carbons (Fsp3) is 0.462. The molecule has 1 heterocycles. The summed E-state index contributed by atoms with van der Waals surface area (Å²) in [5.74, 6) is -2.28. The normalized spacial score (nSPS) is 23.3. The van der Waals surface area contributed by atoms with Crippen molar-refractivity contribution >= 4 is 25.8 Å². The fourth-order valence-electron chi connectivity index (χ4n) is 2.48. The highest BCUT2D eigenvalue weighted by Gasteiger charge is 2.45. The summed E-state index contributed by atoms with van der Waals surface area (Å²) in [4.78, 5) is 10.8. The largest absolute Gasteiger partial charge is 0.497 e. The molecule has 134 valence electrons.